The van der Waals surface area contributed by atoms with Gasteiger partial charge in [-0.3, -0.25) is 19.8 Å². The fourth-order valence-corrected chi connectivity index (χ4v) is 5.82. The number of fused-ring (bicyclic) bond motifs is 1. The molecule has 0 atom stereocenters. The number of Topliss-reactive ketones (excluding diaryl/α,β-unsaturated/α-hetero) is 1. The number of rotatable bonds is 10. The maximum absolute atomic E-state index is 13.8. The van der Waals surface area contributed by atoms with Crippen LogP contribution in [0.15, 0.2) is 24.3 Å². The molecule has 4 rings (SSSR count). The van der Waals surface area contributed by atoms with Crippen molar-refractivity contribution >= 4 is 29.2 Å². The van der Waals surface area contributed by atoms with Crippen molar-refractivity contribution in [3.8, 4) is 11.5 Å². The first-order chi connectivity index (χ1) is 19.9. The molecular formula is C32H42N4O6. The van der Waals surface area contributed by atoms with Gasteiger partial charge in [0.2, 0.25) is 0 Å². The topological polar surface area (TPSA) is 132 Å². The van der Waals surface area contributed by atoms with Gasteiger partial charge in [0.15, 0.2) is 5.78 Å². The number of anilines is 1. The highest BCUT2D eigenvalue weighted by Crippen LogP contribution is 2.42. The van der Waals surface area contributed by atoms with Crippen molar-refractivity contribution in [1.82, 2.24) is 10.2 Å². The minimum atomic E-state index is -0.776. The van der Waals surface area contributed by atoms with E-state index in [0.717, 1.165) is 35.4 Å². The number of nitrogens with zero attached hydrogens (tertiary/aromatic N) is 2. The van der Waals surface area contributed by atoms with Crippen molar-refractivity contribution in [2.24, 2.45) is 5.92 Å². The molecule has 3 N–H and O–H groups in total. The van der Waals surface area contributed by atoms with Crippen molar-refractivity contribution in [3.05, 3.63) is 52.1 Å². The molecule has 0 aliphatic carbocycles. The Hall–Kier alpha value is -4.08. The molecule has 42 heavy (non-hydrogen) atoms. The van der Waals surface area contributed by atoms with Gasteiger partial charge in [-0.1, -0.05) is 20.8 Å². The summed E-state index contributed by atoms with van der Waals surface area (Å²) in [6.45, 7) is 10.2. The van der Waals surface area contributed by atoms with Crippen molar-refractivity contribution in [2.45, 2.75) is 58.9 Å². The Balaban J connectivity index is 1.62. The van der Waals surface area contributed by atoms with E-state index in [2.05, 4.69) is 31.0 Å². The van der Waals surface area contributed by atoms with Gasteiger partial charge in [0.05, 0.1) is 31.5 Å². The number of hydrogen-bond donors (Lipinski definition) is 3. The zero-order valence-electron chi connectivity index (χ0n) is 25.4. The van der Waals surface area contributed by atoms with Crippen LogP contribution < -0.4 is 19.7 Å². The summed E-state index contributed by atoms with van der Waals surface area (Å²) in [5.74, 6) is 0.307. The van der Waals surface area contributed by atoms with Gasteiger partial charge in [-0.25, -0.2) is 0 Å². The Morgan fingerprint density at radius 2 is 1.81 bits per heavy atom. The predicted octanol–water partition coefficient (Wildman–Crippen LogP) is 4.47. The number of ketones is 1. The third kappa shape index (κ3) is 6.37. The number of amides is 1. The molecule has 0 unspecified atom stereocenters. The number of carboxylic acid groups (broad SMARTS) is 1. The Labute approximate surface area is 247 Å². The molecule has 2 aromatic rings. The molecule has 10 nitrogen and oxygen atoms in total. The van der Waals surface area contributed by atoms with Crippen LogP contribution in [0.3, 0.4) is 0 Å². The second-order valence-corrected chi connectivity index (χ2v) is 12.0. The molecule has 10 heteroatoms. The average Bonchev–Trinajstić information content (AvgIpc) is 3.24. The molecule has 1 saturated heterocycles. The van der Waals surface area contributed by atoms with E-state index in [1.54, 1.807) is 31.2 Å². The summed E-state index contributed by atoms with van der Waals surface area (Å²) in [7, 11) is 3.19. The zero-order chi connectivity index (χ0) is 30.8. The molecule has 2 aliphatic rings. The lowest BCUT2D eigenvalue weighted by atomic mass is 9.83. The number of nitrogens with one attached hydrogen (secondary N) is 2. The van der Waals surface area contributed by atoms with Gasteiger partial charge < -0.3 is 29.7 Å². The molecule has 1 fully saturated rings. The molecule has 2 heterocycles. The lowest BCUT2D eigenvalue weighted by Crippen LogP contribution is -2.35. The van der Waals surface area contributed by atoms with E-state index in [4.69, 9.17) is 14.9 Å². The second-order valence-electron chi connectivity index (χ2n) is 12.0. The lowest BCUT2D eigenvalue weighted by Gasteiger charge is -2.36. The highest BCUT2D eigenvalue weighted by Gasteiger charge is 2.32. The van der Waals surface area contributed by atoms with Gasteiger partial charge in [0.1, 0.15) is 17.3 Å². The summed E-state index contributed by atoms with van der Waals surface area (Å²) in [5, 5.41) is 20.7. The van der Waals surface area contributed by atoms with Gasteiger partial charge in [-0.05, 0) is 60.9 Å². The molecule has 2 aliphatic heterocycles. The Morgan fingerprint density at radius 3 is 2.38 bits per heavy atom. The van der Waals surface area contributed by atoms with Crippen LogP contribution in [0, 0.1) is 11.3 Å². The molecule has 0 saturated carbocycles. The number of ether oxygens (including phenoxy) is 2. The van der Waals surface area contributed by atoms with E-state index in [1.165, 1.54) is 0 Å². The van der Waals surface area contributed by atoms with E-state index < -0.39 is 5.97 Å². The third-order valence-electron chi connectivity index (χ3n) is 8.07. The van der Waals surface area contributed by atoms with Crippen molar-refractivity contribution in [1.29, 1.82) is 5.41 Å². The summed E-state index contributed by atoms with van der Waals surface area (Å²) in [6, 6.07) is 7.23. The van der Waals surface area contributed by atoms with Crippen molar-refractivity contribution in [2.75, 3.05) is 45.3 Å². The number of carbonyl (C=O) groups is 3. The van der Waals surface area contributed by atoms with E-state index in [-0.39, 0.29) is 41.8 Å². The quantitative estimate of drug-likeness (QED) is 0.352. The first-order valence-electron chi connectivity index (χ1n) is 14.5. The largest absolute Gasteiger partial charge is 0.494 e. The Bertz CT molecular complexity index is 1390. The molecule has 1 amide bonds. The maximum atomic E-state index is 13.8. The molecule has 226 valence electrons. The van der Waals surface area contributed by atoms with Crippen molar-refractivity contribution in [3.63, 3.8) is 0 Å². The smallest absolute Gasteiger partial charge is 0.303 e. The van der Waals surface area contributed by atoms with Crippen LogP contribution >= 0.6 is 0 Å². The summed E-state index contributed by atoms with van der Waals surface area (Å²) < 4.78 is 11.6. The number of carbonyl (C=O) groups excluding carboxylic acids is 2. The molecule has 0 spiro atoms. The van der Waals surface area contributed by atoms with Crippen molar-refractivity contribution < 1.29 is 29.0 Å². The average molecular weight is 579 g/mol. The predicted molar refractivity (Wildman–Crippen MR) is 161 cm³/mol. The molecule has 0 aromatic heterocycles. The van der Waals surface area contributed by atoms with Crippen LogP contribution in [0.25, 0.3) is 0 Å². The lowest BCUT2D eigenvalue weighted by molar-refractivity contribution is -0.138. The van der Waals surface area contributed by atoms with Crippen LogP contribution in [0.1, 0.15) is 84.4 Å². The number of hydrogen-bond acceptors (Lipinski definition) is 7. The normalized spacial score (nSPS) is 15.4. The van der Waals surface area contributed by atoms with Crippen LogP contribution in [-0.4, -0.2) is 73.9 Å². The van der Waals surface area contributed by atoms with Gasteiger partial charge in [-0.2, -0.15) is 0 Å². The summed E-state index contributed by atoms with van der Waals surface area (Å²) >= 11 is 0. The number of piperidine rings is 1. The maximum Gasteiger partial charge on any atom is 0.303 e. The first-order valence-corrected chi connectivity index (χ1v) is 14.5. The summed E-state index contributed by atoms with van der Waals surface area (Å²) in [6.07, 6.45) is 1.67. The summed E-state index contributed by atoms with van der Waals surface area (Å²) in [5.41, 5.74) is 3.78. The second kappa shape index (κ2) is 12.4. The molecule has 0 bridgehead atoms. The summed E-state index contributed by atoms with van der Waals surface area (Å²) in [4.78, 5) is 41.4. The van der Waals surface area contributed by atoms with Crippen LogP contribution in [-0.2, 0) is 16.8 Å². The number of amidine groups is 1. The first kappa shape index (κ1) is 30.9. The number of benzene rings is 2. The molecular weight excluding hydrogens is 536 g/mol. The van der Waals surface area contributed by atoms with Crippen LogP contribution in [0.4, 0.5) is 5.69 Å². The van der Waals surface area contributed by atoms with Gasteiger partial charge in [0, 0.05) is 49.8 Å². The van der Waals surface area contributed by atoms with E-state index in [0.29, 0.717) is 48.7 Å². The molecule has 0 radical (unpaired) electrons. The molecule has 2 aromatic carbocycles. The minimum absolute atomic E-state index is 0.00280. The fraction of sp³-hybridized carbons (Fsp3) is 0.500. The zero-order valence-corrected chi connectivity index (χ0v) is 25.4. The van der Waals surface area contributed by atoms with Crippen LogP contribution in [0.5, 0.6) is 11.5 Å². The third-order valence-corrected chi connectivity index (χ3v) is 8.07. The minimum Gasteiger partial charge on any atom is -0.494 e. The SMILES string of the molecule is CCOc1cc2c(cc1C(=O)NC)C(=N)N(CC(=O)c1cc(N3CCC(CC(=O)O)CC3)c(OC)c(C(C)(C)C)c1)C2. The highest BCUT2D eigenvalue weighted by atomic mass is 16.5. The Morgan fingerprint density at radius 1 is 1.12 bits per heavy atom. The van der Waals surface area contributed by atoms with Gasteiger partial charge in [-0.15, -0.1) is 0 Å². The standard InChI is InChI=1S/C32H42N4O6/c1-7-42-27-15-21-17-36(30(33)22(21)16-23(27)31(40)34-5)18-26(37)20-13-24(32(2,3)4)29(41-6)25(14-20)35-10-8-19(9-11-35)12-28(38)39/h13-16,19,33H,7-12,17-18H2,1-6H3,(H,34,40)(H,38,39). The highest BCUT2D eigenvalue weighted by molar-refractivity contribution is 6.08. The van der Waals surface area contributed by atoms with Gasteiger partial charge >= 0.3 is 5.97 Å². The van der Waals surface area contributed by atoms with Gasteiger partial charge in [0.25, 0.3) is 5.91 Å². The Kier molecular flexibility index (Phi) is 9.13. The van der Waals surface area contributed by atoms with E-state index in [1.807, 2.05) is 19.1 Å². The number of carboxylic acids is 1. The monoisotopic (exact) mass is 578 g/mol. The number of aliphatic carboxylic acids is 1. The van der Waals surface area contributed by atoms with E-state index >= 15 is 0 Å². The fourth-order valence-electron chi connectivity index (χ4n) is 5.82. The number of methoxy groups -OCH3 is 1. The van der Waals surface area contributed by atoms with Crippen LogP contribution in [0.2, 0.25) is 0 Å². The van der Waals surface area contributed by atoms with E-state index in [9.17, 15) is 19.5 Å².